The van der Waals surface area contributed by atoms with Crippen molar-refractivity contribution in [1.29, 1.82) is 0 Å². The first-order chi connectivity index (χ1) is 11.3. The maximum atomic E-state index is 11.9. The van der Waals surface area contributed by atoms with Crippen LogP contribution in [0, 0.1) is 0 Å². The van der Waals surface area contributed by atoms with Crippen LogP contribution in [0.15, 0.2) is 65.6 Å². The Hall–Kier alpha value is -3.21. The van der Waals surface area contributed by atoms with E-state index in [0.717, 1.165) is 27.7 Å². The average Bonchev–Trinajstić information content (AvgIpc) is 3.03. The van der Waals surface area contributed by atoms with Gasteiger partial charge in [-0.15, -0.1) is 0 Å². The highest BCUT2D eigenvalue weighted by atomic mass is 16.1. The fourth-order valence-electron chi connectivity index (χ4n) is 2.67. The highest BCUT2D eigenvalue weighted by Gasteiger charge is 2.06. The van der Waals surface area contributed by atoms with Gasteiger partial charge < -0.3 is 4.98 Å². The molecular formula is C18H14N4O. The van der Waals surface area contributed by atoms with E-state index >= 15 is 0 Å². The molecule has 0 aliphatic heterocycles. The summed E-state index contributed by atoms with van der Waals surface area (Å²) < 4.78 is 0. The molecule has 23 heavy (non-hydrogen) atoms. The lowest BCUT2D eigenvalue weighted by molar-refractivity contribution is 0.982. The van der Waals surface area contributed by atoms with Gasteiger partial charge in [0.1, 0.15) is 0 Å². The van der Waals surface area contributed by atoms with Crippen LogP contribution in [-0.4, -0.2) is 20.2 Å². The van der Waals surface area contributed by atoms with Crippen molar-refractivity contribution in [2.24, 2.45) is 0 Å². The highest BCUT2D eigenvalue weighted by molar-refractivity contribution is 5.83. The molecule has 0 bridgehead atoms. The zero-order chi connectivity index (χ0) is 15.6. The smallest absolute Gasteiger partial charge is 0.309 e. The Balaban J connectivity index is 1.75. The number of hydrogen-bond donors (Lipinski definition) is 2. The number of hydrogen-bond acceptors (Lipinski definition) is 3. The minimum atomic E-state index is -0.333. The lowest BCUT2D eigenvalue weighted by Crippen LogP contribution is -2.13. The van der Waals surface area contributed by atoms with E-state index < -0.39 is 0 Å². The van der Waals surface area contributed by atoms with Gasteiger partial charge in [0.05, 0.1) is 17.4 Å². The topological polar surface area (TPSA) is 74.4 Å². The molecule has 0 atom stereocenters. The van der Waals surface area contributed by atoms with E-state index in [-0.39, 0.29) is 5.69 Å². The molecule has 0 radical (unpaired) electrons. The van der Waals surface area contributed by atoms with Gasteiger partial charge in [0.2, 0.25) is 0 Å². The van der Waals surface area contributed by atoms with Crippen LogP contribution in [0.3, 0.4) is 0 Å². The summed E-state index contributed by atoms with van der Waals surface area (Å²) in [5.74, 6) is 0. The molecule has 0 saturated carbocycles. The molecule has 0 aliphatic carbocycles. The molecule has 0 fully saturated rings. The van der Waals surface area contributed by atoms with E-state index in [1.54, 1.807) is 6.20 Å². The van der Waals surface area contributed by atoms with Gasteiger partial charge in [-0.25, -0.2) is 4.79 Å². The van der Waals surface area contributed by atoms with Crippen molar-refractivity contribution in [3.8, 4) is 11.3 Å². The van der Waals surface area contributed by atoms with E-state index in [1.807, 2.05) is 54.6 Å². The minimum absolute atomic E-state index is 0.333. The summed E-state index contributed by atoms with van der Waals surface area (Å²) in [5, 5.41) is 7.92. The summed E-state index contributed by atoms with van der Waals surface area (Å²) >= 11 is 0. The van der Waals surface area contributed by atoms with Crippen LogP contribution >= 0.6 is 0 Å². The summed E-state index contributed by atoms with van der Waals surface area (Å²) in [6, 6.07) is 17.8. The van der Waals surface area contributed by atoms with Crippen molar-refractivity contribution >= 4 is 10.9 Å². The Bertz CT molecular complexity index is 1020. The van der Waals surface area contributed by atoms with E-state index in [2.05, 4.69) is 20.2 Å². The summed E-state index contributed by atoms with van der Waals surface area (Å²) in [5.41, 5.74) is 4.19. The molecule has 112 valence electrons. The molecule has 2 aromatic carbocycles. The predicted molar refractivity (Wildman–Crippen MR) is 89.2 cm³/mol. The molecule has 0 amide bonds. The largest absolute Gasteiger partial charge is 0.345 e. The van der Waals surface area contributed by atoms with E-state index in [1.165, 1.54) is 0 Å². The summed E-state index contributed by atoms with van der Waals surface area (Å²) in [6.07, 6.45) is 2.43. The molecule has 2 N–H and O–H groups in total. The Morgan fingerprint density at radius 1 is 1.00 bits per heavy atom. The molecule has 5 heteroatoms. The number of nitrogens with zero attached hydrogens (tertiary/aromatic N) is 2. The Morgan fingerprint density at radius 2 is 1.87 bits per heavy atom. The van der Waals surface area contributed by atoms with Crippen molar-refractivity contribution < 1.29 is 0 Å². The second-order valence-electron chi connectivity index (χ2n) is 5.43. The van der Waals surface area contributed by atoms with Crippen LogP contribution in [0.4, 0.5) is 0 Å². The van der Waals surface area contributed by atoms with E-state index in [0.29, 0.717) is 12.1 Å². The standard InChI is InChI=1S/C18H14N4O/c23-18-20-15(8-12-4-2-1-3-5-12)10-17(21-18)13-6-7-16-14(9-13)11-19-22-16/h1-7,9-11H,8H2,(H,19,22)(H,20,21,23). The fourth-order valence-corrected chi connectivity index (χ4v) is 2.67. The van der Waals surface area contributed by atoms with Gasteiger partial charge >= 0.3 is 5.69 Å². The molecule has 4 aromatic rings. The molecule has 0 aliphatic rings. The number of aromatic amines is 2. The second kappa shape index (κ2) is 5.53. The number of H-pyrrole nitrogens is 2. The lowest BCUT2D eigenvalue weighted by atomic mass is 10.1. The number of benzene rings is 2. The molecule has 4 rings (SSSR count). The van der Waals surface area contributed by atoms with Crippen molar-refractivity contribution in [2.75, 3.05) is 0 Å². The number of aromatic nitrogens is 4. The number of rotatable bonds is 3. The van der Waals surface area contributed by atoms with Crippen molar-refractivity contribution in [1.82, 2.24) is 20.2 Å². The zero-order valence-corrected chi connectivity index (χ0v) is 12.3. The monoisotopic (exact) mass is 302 g/mol. The van der Waals surface area contributed by atoms with Crippen molar-refractivity contribution in [3.63, 3.8) is 0 Å². The van der Waals surface area contributed by atoms with Gasteiger partial charge in [-0.2, -0.15) is 10.1 Å². The quantitative estimate of drug-likeness (QED) is 0.611. The van der Waals surface area contributed by atoms with Gasteiger partial charge in [0.25, 0.3) is 0 Å². The normalized spacial score (nSPS) is 11.0. The van der Waals surface area contributed by atoms with Crippen LogP contribution in [0.5, 0.6) is 0 Å². The third-order valence-electron chi connectivity index (χ3n) is 3.77. The average molecular weight is 302 g/mol. The minimum Gasteiger partial charge on any atom is -0.309 e. The predicted octanol–water partition coefficient (Wildman–Crippen LogP) is 2.90. The fraction of sp³-hybridized carbons (Fsp3) is 0.0556. The molecule has 0 unspecified atom stereocenters. The van der Waals surface area contributed by atoms with Crippen molar-refractivity contribution in [2.45, 2.75) is 6.42 Å². The zero-order valence-electron chi connectivity index (χ0n) is 12.3. The molecule has 5 nitrogen and oxygen atoms in total. The summed E-state index contributed by atoms with van der Waals surface area (Å²) in [7, 11) is 0. The van der Waals surface area contributed by atoms with E-state index in [9.17, 15) is 4.79 Å². The first-order valence-electron chi connectivity index (χ1n) is 7.35. The summed E-state index contributed by atoms with van der Waals surface area (Å²) in [6.45, 7) is 0. The van der Waals surface area contributed by atoms with Crippen LogP contribution in [0.25, 0.3) is 22.2 Å². The first-order valence-corrected chi connectivity index (χ1v) is 7.35. The van der Waals surface area contributed by atoms with Crippen LogP contribution in [-0.2, 0) is 6.42 Å². The molecule has 2 heterocycles. The Morgan fingerprint density at radius 3 is 2.74 bits per heavy atom. The third-order valence-corrected chi connectivity index (χ3v) is 3.77. The lowest BCUT2D eigenvalue weighted by Gasteiger charge is -2.05. The van der Waals surface area contributed by atoms with Gasteiger partial charge in [0, 0.05) is 23.1 Å². The Labute approximate surface area is 132 Å². The number of nitrogens with one attached hydrogen (secondary N) is 2. The van der Waals surface area contributed by atoms with Crippen LogP contribution in [0.1, 0.15) is 11.3 Å². The first kappa shape index (κ1) is 13.5. The second-order valence-corrected chi connectivity index (χ2v) is 5.43. The molecule has 0 spiro atoms. The number of fused-ring (bicyclic) bond motifs is 1. The van der Waals surface area contributed by atoms with Crippen molar-refractivity contribution in [3.05, 3.63) is 82.5 Å². The van der Waals surface area contributed by atoms with E-state index in [4.69, 9.17) is 0 Å². The highest BCUT2D eigenvalue weighted by Crippen LogP contribution is 2.21. The molecule has 0 saturated heterocycles. The van der Waals surface area contributed by atoms with Crippen LogP contribution < -0.4 is 5.69 Å². The Kier molecular flexibility index (Phi) is 3.24. The third kappa shape index (κ3) is 2.76. The maximum absolute atomic E-state index is 11.9. The van der Waals surface area contributed by atoms with Crippen LogP contribution in [0.2, 0.25) is 0 Å². The van der Waals surface area contributed by atoms with Gasteiger partial charge in [-0.3, -0.25) is 5.10 Å². The van der Waals surface area contributed by atoms with Gasteiger partial charge in [0.15, 0.2) is 0 Å². The molecular weight excluding hydrogens is 288 g/mol. The van der Waals surface area contributed by atoms with Gasteiger partial charge in [-0.1, -0.05) is 36.4 Å². The maximum Gasteiger partial charge on any atom is 0.345 e. The SMILES string of the molecule is O=c1nc(-c2ccc3[nH]ncc3c2)cc(Cc2ccccc2)[nH]1. The molecule has 2 aromatic heterocycles. The summed E-state index contributed by atoms with van der Waals surface area (Å²) in [4.78, 5) is 18.8. The van der Waals surface area contributed by atoms with Gasteiger partial charge in [-0.05, 0) is 23.8 Å².